The summed E-state index contributed by atoms with van der Waals surface area (Å²) in [6.07, 6.45) is 2.86. The van der Waals surface area contributed by atoms with E-state index in [9.17, 15) is 4.79 Å². The first kappa shape index (κ1) is 15.5. The quantitative estimate of drug-likeness (QED) is 0.579. The highest BCUT2D eigenvalue weighted by Crippen LogP contribution is 2.22. The molecule has 0 aliphatic heterocycles. The summed E-state index contributed by atoms with van der Waals surface area (Å²) < 4.78 is 5.08. The second-order valence-corrected chi connectivity index (χ2v) is 4.79. The first-order chi connectivity index (χ1) is 9.08. The smallest absolute Gasteiger partial charge is 0.164 e. The van der Waals surface area contributed by atoms with Crippen molar-refractivity contribution in [2.45, 2.75) is 26.2 Å². The van der Waals surface area contributed by atoms with Crippen LogP contribution >= 0.6 is 0 Å². The van der Waals surface area contributed by atoms with Crippen LogP contribution in [0.2, 0.25) is 0 Å². The highest BCUT2D eigenvalue weighted by Gasteiger charge is 2.09. The van der Waals surface area contributed by atoms with Crippen LogP contribution in [0, 0.1) is 0 Å². The molecule has 0 atom stereocenters. The molecular formula is C15H24N2O2. The van der Waals surface area contributed by atoms with Crippen LogP contribution in [0.4, 0.5) is 5.69 Å². The van der Waals surface area contributed by atoms with E-state index in [1.807, 2.05) is 7.05 Å². The van der Waals surface area contributed by atoms with Gasteiger partial charge in [0.2, 0.25) is 0 Å². The van der Waals surface area contributed by atoms with Crippen molar-refractivity contribution >= 4 is 11.5 Å². The Kier molecular flexibility index (Phi) is 6.36. The zero-order chi connectivity index (χ0) is 14.3. The van der Waals surface area contributed by atoms with E-state index in [1.165, 1.54) is 12.8 Å². The molecule has 0 heterocycles. The molecule has 0 radical (unpaired) electrons. The van der Waals surface area contributed by atoms with Gasteiger partial charge in [0.15, 0.2) is 5.78 Å². The molecule has 0 aliphatic rings. The highest BCUT2D eigenvalue weighted by molar-refractivity contribution is 5.97. The fraction of sp³-hybridized carbons (Fsp3) is 0.533. The van der Waals surface area contributed by atoms with E-state index in [-0.39, 0.29) is 5.78 Å². The first-order valence-corrected chi connectivity index (χ1v) is 6.73. The van der Waals surface area contributed by atoms with Gasteiger partial charge in [0, 0.05) is 18.5 Å². The van der Waals surface area contributed by atoms with Crippen LogP contribution < -0.4 is 10.5 Å². The van der Waals surface area contributed by atoms with Crippen molar-refractivity contribution in [2.24, 2.45) is 0 Å². The molecular weight excluding hydrogens is 240 g/mol. The number of benzene rings is 1. The average Bonchev–Trinajstić information content (AvgIpc) is 2.42. The van der Waals surface area contributed by atoms with Crippen LogP contribution in [0.15, 0.2) is 18.2 Å². The number of methoxy groups -OCH3 is 1. The number of ether oxygens (including phenoxy) is 1. The van der Waals surface area contributed by atoms with Gasteiger partial charge < -0.3 is 15.4 Å². The lowest BCUT2D eigenvalue weighted by Gasteiger charge is -2.15. The Labute approximate surface area is 115 Å². The van der Waals surface area contributed by atoms with Gasteiger partial charge in [-0.25, -0.2) is 0 Å². The molecule has 0 aromatic heterocycles. The summed E-state index contributed by atoms with van der Waals surface area (Å²) in [5.74, 6) is 0.731. The molecule has 0 saturated heterocycles. The Balaban J connectivity index is 2.51. The Bertz CT molecular complexity index is 419. The average molecular weight is 264 g/mol. The van der Waals surface area contributed by atoms with E-state index in [1.54, 1.807) is 25.3 Å². The van der Waals surface area contributed by atoms with E-state index < -0.39 is 0 Å². The summed E-state index contributed by atoms with van der Waals surface area (Å²) in [5.41, 5.74) is 6.97. The highest BCUT2D eigenvalue weighted by atomic mass is 16.5. The predicted molar refractivity (Wildman–Crippen MR) is 78.8 cm³/mol. The number of anilines is 1. The third-order valence-electron chi connectivity index (χ3n) is 3.17. The van der Waals surface area contributed by atoms with Gasteiger partial charge in [0.05, 0.1) is 12.8 Å². The Hall–Kier alpha value is -1.55. The molecule has 0 spiro atoms. The minimum absolute atomic E-state index is 0.123. The maximum Gasteiger partial charge on any atom is 0.164 e. The number of hydrogen-bond acceptors (Lipinski definition) is 4. The van der Waals surface area contributed by atoms with Crippen LogP contribution in [-0.4, -0.2) is 37.9 Å². The summed E-state index contributed by atoms with van der Waals surface area (Å²) in [4.78, 5) is 14.2. The van der Waals surface area contributed by atoms with Crippen LogP contribution in [0.3, 0.4) is 0 Å². The number of rotatable bonds is 8. The summed E-state index contributed by atoms with van der Waals surface area (Å²) in [5, 5.41) is 0. The standard InChI is InChI=1S/C15H24N2O2/c1-4-5-9-17(2)10-8-14(18)12-6-7-15(19-3)13(16)11-12/h6-7,11H,4-5,8-10,16H2,1-3H3. The van der Waals surface area contributed by atoms with Gasteiger partial charge in [-0.1, -0.05) is 13.3 Å². The zero-order valence-corrected chi connectivity index (χ0v) is 12.1. The zero-order valence-electron chi connectivity index (χ0n) is 12.1. The van der Waals surface area contributed by atoms with Crippen LogP contribution in [0.1, 0.15) is 36.5 Å². The number of ketones is 1. The minimum Gasteiger partial charge on any atom is -0.495 e. The largest absolute Gasteiger partial charge is 0.495 e. The molecule has 4 nitrogen and oxygen atoms in total. The van der Waals surface area contributed by atoms with Gasteiger partial charge in [-0.3, -0.25) is 4.79 Å². The molecule has 1 rings (SSSR count). The number of nitrogens with zero attached hydrogens (tertiary/aromatic N) is 1. The topological polar surface area (TPSA) is 55.6 Å². The Morgan fingerprint density at radius 2 is 2.11 bits per heavy atom. The number of hydrogen-bond donors (Lipinski definition) is 1. The van der Waals surface area contributed by atoms with E-state index >= 15 is 0 Å². The molecule has 0 fully saturated rings. The Morgan fingerprint density at radius 3 is 2.68 bits per heavy atom. The number of Topliss-reactive ketones (excluding diaryl/α,β-unsaturated/α-hetero) is 1. The molecule has 106 valence electrons. The van der Waals surface area contributed by atoms with Crippen molar-refractivity contribution in [1.82, 2.24) is 4.90 Å². The lowest BCUT2D eigenvalue weighted by Crippen LogP contribution is -2.23. The van der Waals surface area contributed by atoms with Crippen LogP contribution in [0.5, 0.6) is 5.75 Å². The predicted octanol–water partition coefficient (Wildman–Crippen LogP) is 2.58. The third-order valence-corrected chi connectivity index (χ3v) is 3.17. The van der Waals surface area contributed by atoms with Crippen molar-refractivity contribution in [2.75, 3.05) is 33.0 Å². The van der Waals surface area contributed by atoms with Crippen molar-refractivity contribution < 1.29 is 9.53 Å². The molecule has 0 unspecified atom stereocenters. The molecule has 0 aliphatic carbocycles. The lowest BCUT2D eigenvalue weighted by molar-refractivity contribution is 0.0969. The molecule has 0 bridgehead atoms. The molecule has 4 heteroatoms. The fourth-order valence-electron chi connectivity index (χ4n) is 1.88. The normalized spacial score (nSPS) is 10.7. The monoisotopic (exact) mass is 264 g/mol. The van der Waals surface area contributed by atoms with Gasteiger partial charge in [-0.2, -0.15) is 0 Å². The van der Waals surface area contributed by atoms with Crippen molar-refractivity contribution in [1.29, 1.82) is 0 Å². The number of nitrogens with two attached hydrogens (primary N) is 1. The second-order valence-electron chi connectivity index (χ2n) is 4.79. The maximum absolute atomic E-state index is 12.1. The Morgan fingerprint density at radius 1 is 1.37 bits per heavy atom. The number of carbonyl (C=O) groups is 1. The summed E-state index contributed by atoms with van der Waals surface area (Å²) in [6, 6.07) is 5.19. The van der Waals surface area contributed by atoms with Crippen molar-refractivity contribution in [3.05, 3.63) is 23.8 Å². The fourth-order valence-corrected chi connectivity index (χ4v) is 1.88. The van der Waals surface area contributed by atoms with Crippen molar-refractivity contribution in [3.63, 3.8) is 0 Å². The van der Waals surface area contributed by atoms with E-state index in [4.69, 9.17) is 10.5 Å². The van der Waals surface area contributed by atoms with Gasteiger partial charge in [-0.15, -0.1) is 0 Å². The first-order valence-electron chi connectivity index (χ1n) is 6.73. The minimum atomic E-state index is 0.123. The third kappa shape index (κ3) is 4.91. The molecule has 1 aromatic carbocycles. The van der Waals surface area contributed by atoms with E-state index in [0.29, 0.717) is 23.4 Å². The maximum atomic E-state index is 12.1. The SMILES string of the molecule is CCCCN(C)CCC(=O)c1ccc(OC)c(N)c1. The number of nitrogen functional groups attached to an aromatic ring is 1. The number of unbranched alkanes of at least 4 members (excludes halogenated alkanes) is 1. The van der Waals surface area contributed by atoms with E-state index in [2.05, 4.69) is 11.8 Å². The summed E-state index contributed by atoms with van der Waals surface area (Å²) in [7, 11) is 3.61. The molecule has 19 heavy (non-hydrogen) atoms. The molecule has 2 N–H and O–H groups in total. The number of carbonyl (C=O) groups excluding carboxylic acids is 1. The summed E-state index contributed by atoms with van der Waals surface area (Å²) >= 11 is 0. The molecule has 0 amide bonds. The van der Waals surface area contributed by atoms with Crippen LogP contribution in [0.25, 0.3) is 0 Å². The molecule has 0 saturated carbocycles. The lowest BCUT2D eigenvalue weighted by atomic mass is 10.1. The van der Waals surface area contributed by atoms with Crippen LogP contribution in [-0.2, 0) is 0 Å². The second kappa shape index (κ2) is 7.79. The van der Waals surface area contributed by atoms with Gasteiger partial charge >= 0.3 is 0 Å². The summed E-state index contributed by atoms with van der Waals surface area (Å²) in [6.45, 7) is 3.98. The van der Waals surface area contributed by atoms with E-state index in [0.717, 1.165) is 13.1 Å². The van der Waals surface area contributed by atoms with Gasteiger partial charge in [-0.05, 0) is 38.2 Å². The molecule has 1 aromatic rings. The van der Waals surface area contributed by atoms with Gasteiger partial charge in [0.25, 0.3) is 0 Å². The van der Waals surface area contributed by atoms with Gasteiger partial charge in [0.1, 0.15) is 5.75 Å². The van der Waals surface area contributed by atoms with Crippen molar-refractivity contribution in [3.8, 4) is 5.75 Å².